The van der Waals surface area contributed by atoms with E-state index in [1.165, 1.54) is 57.8 Å². The van der Waals surface area contributed by atoms with Crippen molar-refractivity contribution in [3.05, 3.63) is 0 Å². The van der Waals surface area contributed by atoms with Crippen molar-refractivity contribution in [2.45, 2.75) is 84.0 Å². The predicted octanol–water partition coefficient (Wildman–Crippen LogP) is 3.21. The van der Waals surface area contributed by atoms with Crippen molar-refractivity contribution in [3.63, 3.8) is 0 Å². The van der Waals surface area contributed by atoms with Gasteiger partial charge >= 0.3 is 69.5 Å². The van der Waals surface area contributed by atoms with Crippen LogP contribution < -0.4 is 0 Å². The Labute approximate surface area is 175 Å². The Kier molecular flexibility index (Phi) is 26.3. The van der Waals surface area contributed by atoms with Crippen molar-refractivity contribution in [1.29, 1.82) is 0 Å². The van der Waals surface area contributed by atoms with Gasteiger partial charge in [-0.15, -0.1) is 0 Å². The Morgan fingerprint density at radius 3 is 1.38 bits per heavy atom. The molecule has 0 aliphatic heterocycles. The minimum atomic E-state index is -4.24. The summed E-state index contributed by atoms with van der Waals surface area (Å²) in [6.07, 6.45) is 14.7. The second-order valence-electron chi connectivity index (χ2n) is 5.14. The van der Waals surface area contributed by atoms with Crippen LogP contribution in [0.5, 0.6) is 0 Å². The molecule has 0 radical (unpaired) electrons. The fraction of sp³-hybridized carbons (Fsp3) is 1.00. The second kappa shape index (κ2) is 19.9. The molecule has 0 saturated heterocycles. The number of rotatable bonds is 14. The molecule has 0 aromatic heterocycles. The third kappa shape index (κ3) is 27.0. The van der Waals surface area contributed by atoms with Crippen LogP contribution >= 0.6 is 0 Å². The van der Waals surface area contributed by atoms with Crippen molar-refractivity contribution < 1.29 is 17.2 Å². The molecule has 1 N–H and O–H groups in total. The fourth-order valence-corrected chi connectivity index (χ4v) is 2.44. The molecule has 0 aromatic carbocycles. The van der Waals surface area contributed by atoms with Gasteiger partial charge in [-0.25, -0.2) is 4.18 Å². The minimum absolute atomic E-state index is 0. The molecule has 4 nitrogen and oxygen atoms in total. The van der Waals surface area contributed by atoms with Gasteiger partial charge in [-0.1, -0.05) is 77.6 Å². The SMILES string of the molecule is CCCCCCCCCCCCCCOS(=O)(=O)O.[NaH].[NaH]. The molecule has 0 bridgehead atoms. The van der Waals surface area contributed by atoms with Crippen molar-refractivity contribution >= 4 is 69.5 Å². The van der Waals surface area contributed by atoms with E-state index in [4.69, 9.17) is 4.55 Å². The van der Waals surface area contributed by atoms with Crippen LogP contribution in [-0.4, -0.2) is 78.7 Å². The first-order valence-corrected chi connectivity index (χ1v) is 9.04. The molecule has 0 amide bonds. The van der Waals surface area contributed by atoms with E-state index >= 15 is 0 Å². The molecule has 120 valence electrons. The van der Waals surface area contributed by atoms with Gasteiger partial charge in [-0.3, -0.25) is 4.55 Å². The zero-order valence-corrected chi connectivity index (χ0v) is 13.1. The zero-order valence-electron chi connectivity index (χ0n) is 12.3. The van der Waals surface area contributed by atoms with E-state index in [1.54, 1.807) is 0 Å². The monoisotopic (exact) mass is 342 g/mol. The van der Waals surface area contributed by atoms with Crippen LogP contribution in [0.1, 0.15) is 84.0 Å². The summed E-state index contributed by atoms with van der Waals surface area (Å²) in [7, 11) is -4.24. The van der Waals surface area contributed by atoms with E-state index < -0.39 is 10.4 Å². The van der Waals surface area contributed by atoms with Crippen LogP contribution in [0.4, 0.5) is 0 Å². The first-order chi connectivity index (χ1) is 9.06. The number of unbranched alkanes of at least 4 members (excludes halogenated alkanes) is 11. The van der Waals surface area contributed by atoms with E-state index in [0.29, 0.717) is 6.42 Å². The van der Waals surface area contributed by atoms with Gasteiger partial charge in [0.15, 0.2) is 0 Å². The molecule has 0 aromatic rings. The molecule has 0 fully saturated rings. The maximum absolute atomic E-state index is 10.3. The normalized spacial score (nSPS) is 10.8. The molecule has 0 heterocycles. The van der Waals surface area contributed by atoms with Crippen LogP contribution in [0.15, 0.2) is 0 Å². The topological polar surface area (TPSA) is 63.6 Å². The molecular formula is C14H32Na2O4S. The Morgan fingerprint density at radius 1 is 0.714 bits per heavy atom. The Hall–Kier alpha value is 1.87. The summed E-state index contributed by atoms with van der Waals surface area (Å²) in [5.74, 6) is 0. The Bertz CT molecular complexity index is 285. The average Bonchev–Trinajstić information content (AvgIpc) is 2.34. The predicted molar refractivity (Wildman–Crippen MR) is 92.9 cm³/mol. The Morgan fingerprint density at radius 2 is 1.05 bits per heavy atom. The quantitative estimate of drug-likeness (QED) is 0.299. The first kappa shape index (κ1) is 27.7. The standard InChI is InChI=1S/C14H30O4S.2Na.2H/c1-2-3-4-5-6-7-8-9-10-11-12-13-14-18-19(15,16)17;;;;/h2-14H2,1H3,(H,15,16,17);;;;. The van der Waals surface area contributed by atoms with Crippen LogP contribution in [0.3, 0.4) is 0 Å². The summed E-state index contributed by atoms with van der Waals surface area (Å²) in [5, 5.41) is 0. The van der Waals surface area contributed by atoms with Gasteiger partial charge in [-0.2, -0.15) is 8.42 Å². The van der Waals surface area contributed by atoms with Crippen LogP contribution in [-0.2, 0) is 14.6 Å². The molecule has 0 atom stereocenters. The summed E-state index contributed by atoms with van der Waals surface area (Å²) in [5.41, 5.74) is 0. The molecule has 7 heteroatoms. The molecule has 0 rings (SSSR count). The molecule has 0 saturated carbocycles. The van der Waals surface area contributed by atoms with Crippen molar-refractivity contribution in [3.8, 4) is 0 Å². The fourth-order valence-electron chi connectivity index (χ4n) is 2.11. The Balaban J connectivity index is -0.00000162. The van der Waals surface area contributed by atoms with Crippen LogP contribution in [0, 0.1) is 0 Å². The van der Waals surface area contributed by atoms with E-state index in [-0.39, 0.29) is 65.7 Å². The zero-order chi connectivity index (χ0) is 14.4. The number of hydrogen-bond acceptors (Lipinski definition) is 3. The maximum atomic E-state index is 10.3. The van der Waals surface area contributed by atoms with E-state index in [9.17, 15) is 8.42 Å². The third-order valence-corrected chi connectivity index (χ3v) is 3.69. The van der Waals surface area contributed by atoms with E-state index in [2.05, 4.69) is 11.1 Å². The third-order valence-electron chi connectivity index (χ3n) is 3.23. The van der Waals surface area contributed by atoms with E-state index in [1.807, 2.05) is 0 Å². The molecular weight excluding hydrogens is 310 g/mol. The van der Waals surface area contributed by atoms with Crippen molar-refractivity contribution in [2.75, 3.05) is 6.61 Å². The molecule has 0 unspecified atom stereocenters. The van der Waals surface area contributed by atoms with E-state index in [0.717, 1.165) is 12.8 Å². The summed E-state index contributed by atoms with van der Waals surface area (Å²) >= 11 is 0. The van der Waals surface area contributed by atoms with Crippen molar-refractivity contribution in [1.82, 2.24) is 0 Å². The summed E-state index contributed by atoms with van der Waals surface area (Å²) in [6.45, 7) is 2.33. The first-order valence-electron chi connectivity index (χ1n) is 7.68. The van der Waals surface area contributed by atoms with Crippen molar-refractivity contribution in [2.24, 2.45) is 0 Å². The van der Waals surface area contributed by atoms with Gasteiger partial charge in [0.1, 0.15) is 0 Å². The molecule has 0 aliphatic rings. The van der Waals surface area contributed by atoms with Gasteiger partial charge < -0.3 is 0 Å². The van der Waals surface area contributed by atoms with Gasteiger partial charge in [0.05, 0.1) is 6.61 Å². The van der Waals surface area contributed by atoms with Gasteiger partial charge in [0, 0.05) is 0 Å². The number of hydrogen-bond donors (Lipinski definition) is 1. The molecule has 0 aliphatic carbocycles. The van der Waals surface area contributed by atoms with Gasteiger partial charge in [0.25, 0.3) is 0 Å². The summed E-state index contributed by atoms with van der Waals surface area (Å²) in [4.78, 5) is 0. The van der Waals surface area contributed by atoms with Crippen LogP contribution in [0.25, 0.3) is 0 Å². The second-order valence-corrected chi connectivity index (χ2v) is 6.23. The van der Waals surface area contributed by atoms with Crippen LogP contribution in [0.2, 0.25) is 0 Å². The summed E-state index contributed by atoms with van der Waals surface area (Å²) in [6, 6.07) is 0. The summed E-state index contributed by atoms with van der Waals surface area (Å²) < 4.78 is 33.1. The average molecular weight is 342 g/mol. The molecule has 21 heavy (non-hydrogen) atoms. The van der Waals surface area contributed by atoms with Gasteiger partial charge in [-0.05, 0) is 6.42 Å². The van der Waals surface area contributed by atoms with Gasteiger partial charge in [0.2, 0.25) is 0 Å². The molecule has 0 spiro atoms.